The Hall–Kier alpha value is -2.20. The predicted molar refractivity (Wildman–Crippen MR) is 117 cm³/mol. The third kappa shape index (κ3) is 5.20. The molecule has 1 aliphatic heterocycles. The van der Waals surface area contributed by atoms with Crippen LogP contribution in [-0.4, -0.2) is 25.6 Å². The zero-order chi connectivity index (χ0) is 20.1. The topological polar surface area (TPSA) is 41.6 Å². The van der Waals surface area contributed by atoms with Gasteiger partial charge in [-0.05, 0) is 79.6 Å². The summed E-state index contributed by atoms with van der Waals surface area (Å²) in [5.74, 6) is 0.805. The number of halogens is 1. The van der Waals surface area contributed by atoms with Gasteiger partial charge in [0.15, 0.2) is 6.61 Å². The number of carbonyl (C=O) groups excluding carboxylic acids is 1. The van der Waals surface area contributed by atoms with Crippen LogP contribution in [0.15, 0.2) is 36.4 Å². The Morgan fingerprint density at radius 3 is 2.46 bits per heavy atom. The first-order chi connectivity index (χ1) is 13.4. The van der Waals surface area contributed by atoms with E-state index >= 15 is 0 Å². The van der Waals surface area contributed by atoms with Crippen molar-refractivity contribution in [1.29, 1.82) is 0 Å². The molecular formula is C23H29ClN2O2. The summed E-state index contributed by atoms with van der Waals surface area (Å²) in [4.78, 5) is 14.7. The van der Waals surface area contributed by atoms with Crippen molar-refractivity contribution in [2.45, 2.75) is 46.0 Å². The van der Waals surface area contributed by atoms with E-state index in [-0.39, 0.29) is 18.4 Å². The molecule has 1 aliphatic rings. The molecule has 3 rings (SSSR count). The molecule has 1 N–H and O–H groups in total. The van der Waals surface area contributed by atoms with Crippen LogP contribution in [-0.2, 0) is 4.79 Å². The second kappa shape index (κ2) is 9.33. The number of nitrogens with zero attached hydrogens (tertiary/aromatic N) is 1. The van der Waals surface area contributed by atoms with Crippen LogP contribution in [0.25, 0.3) is 0 Å². The lowest BCUT2D eigenvalue weighted by Gasteiger charge is -2.28. The molecule has 0 aromatic heterocycles. The van der Waals surface area contributed by atoms with E-state index in [0.29, 0.717) is 10.8 Å². The third-order valence-electron chi connectivity index (χ3n) is 5.14. The lowest BCUT2D eigenvalue weighted by atomic mass is 10.0. The molecule has 150 valence electrons. The number of piperidine rings is 1. The zero-order valence-corrected chi connectivity index (χ0v) is 17.7. The molecule has 0 radical (unpaired) electrons. The Morgan fingerprint density at radius 2 is 1.82 bits per heavy atom. The molecule has 28 heavy (non-hydrogen) atoms. The number of rotatable bonds is 6. The van der Waals surface area contributed by atoms with Crippen LogP contribution < -0.4 is 15.0 Å². The summed E-state index contributed by atoms with van der Waals surface area (Å²) in [7, 11) is 0. The maximum atomic E-state index is 12.3. The Kier molecular flexibility index (Phi) is 6.84. The fourth-order valence-electron chi connectivity index (χ4n) is 3.49. The van der Waals surface area contributed by atoms with Gasteiger partial charge in [0.25, 0.3) is 5.91 Å². The lowest BCUT2D eigenvalue weighted by Crippen LogP contribution is -2.29. The van der Waals surface area contributed by atoms with E-state index in [4.69, 9.17) is 16.3 Å². The van der Waals surface area contributed by atoms with Gasteiger partial charge >= 0.3 is 0 Å². The maximum absolute atomic E-state index is 12.3. The largest absolute Gasteiger partial charge is 0.483 e. The van der Waals surface area contributed by atoms with E-state index in [0.717, 1.165) is 29.9 Å². The second-order valence-corrected chi connectivity index (χ2v) is 8.13. The fraction of sp³-hybridized carbons (Fsp3) is 0.435. The summed E-state index contributed by atoms with van der Waals surface area (Å²) in [6.07, 6.45) is 3.81. The first-order valence-corrected chi connectivity index (χ1v) is 10.4. The summed E-state index contributed by atoms with van der Waals surface area (Å²) in [6, 6.07) is 11.9. The van der Waals surface area contributed by atoms with Gasteiger partial charge in [0.1, 0.15) is 5.75 Å². The van der Waals surface area contributed by atoms with E-state index in [1.54, 1.807) is 0 Å². The van der Waals surface area contributed by atoms with Gasteiger partial charge in [-0.15, -0.1) is 0 Å². The Bertz CT molecular complexity index is 812. The van der Waals surface area contributed by atoms with Crippen LogP contribution in [0.5, 0.6) is 5.75 Å². The molecule has 0 bridgehead atoms. The molecule has 1 amide bonds. The molecule has 0 unspecified atom stereocenters. The molecule has 1 heterocycles. The van der Waals surface area contributed by atoms with E-state index < -0.39 is 0 Å². The first-order valence-electron chi connectivity index (χ1n) is 10.0. The van der Waals surface area contributed by atoms with Crippen LogP contribution >= 0.6 is 11.6 Å². The molecule has 4 nitrogen and oxygen atoms in total. The van der Waals surface area contributed by atoms with Crippen molar-refractivity contribution in [3.63, 3.8) is 0 Å². The Labute approximate surface area is 172 Å². The SMILES string of the molecule is Cc1cc(OCC(=O)Nc2ccc(N3CCCCC3)cc2)c(C(C)C)cc1Cl. The fourth-order valence-corrected chi connectivity index (χ4v) is 3.67. The smallest absolute Gasteiger partial charge is 0.262 e. The van der Waals surface area contributed by atoms with E-state index in [1.807, 2.05) is 31.2 Å². The average molecular weight is 401 g/mol. The minimum Gasteiger partial charge on any atom is -0.483 e. The number of carbonyl (C=O) groups is 1. The van der Waals surface area contributed by atoms with Crippen molar-refractivity contribution in [3.8, 4) is 5.75 Å². The molecule has 0 spiro atoms. The van der Waals surface area contributed by atoms with Gasteiger partial charge in [0.2, 0.25) is 0 Å². The zero-order valence-electron chi connectivity index (χ0n) is 16.9. The molecule has 0 atom stereocenters. The number of ether oxygens (including phenoxy) is 1. The highest BCUT2D eigenvalue weighted by Gasteiger charge is 2.14. The van der Waals surface area contributed by atoms with Gasteiger partial charge in [0, 0.05) is 29.5 Å². The summed E-state index contributed by atoms with van der Waals surface area (Å²) in [5, 5.41) is 3.63. The van der Waals surface area contributed by atoms with Crippen LogP contribution in [0.4, 0.5) is 11.4 Å². The molecule has 0 aliphatic carbocycles. The first kappa shape index (κ1) is 20.5. The highest BCUT2D eigenvalue weighted by atomic mass is 35.5. The van der Waals surface area contributed by atoms with Crippen LogP contribution in [0, 0.1) is 6.92 Å². The van der Waals surface area contributed by atoms with Gasteiger partial charge in [0.05, 0.1) is 0 Å². The minimum atomic E-state index is -0.173. The van der Waals surface area contributed by atoms with Crippen LogP contribution in [0.2, 0.25) is 5.02 Å². The van der Waals surface area contributed by atoms with Crippen molar-refractivity contribution in [1.82, 2.24) is 0 Å². The van der Waals surface area contributed by atoms with E-state index in [1.165, 1.54) is 24.9 Å². The molecule has 2 aromatic carbocycles. The molecule has 5 heteroatoms. The number of anilines is 2. The summed E-state index contributed by atoms with van der Waals surface area (Å²) < 4.78 is 5.81. The van der Waals surface area contributed by atoms with Crippen molar-refractivity contribution >= 4 is 28.9 Å². The van der Waals surface area contributed by atoms with Gasteiger partial charge in [-0.3, -0.25) is 4.79 Å². The highest BCUT2D eigenvalue weighted by Crippen LogP contribution is 2.32. The number of aryl methyl sites for hydroxylation is 1. The summed E-state index contributed by atoms with van der Waals surface area (Å²) in [6.45, 7) is 8.28. The monoisotopic (exact) mass is 400 g/mol. The molecular weight excluding hydrogens is 372 g/mol. The van der Waals surface area contributed by atoms with Gasteiger partial charge in [-0.25, -0.2) is 0 Å². The summed E-state index contributed by atoms with van der Waals surface area (Å²) in [5.41, 5.74) is 3.95. The van der Waals surface area contributed by atoms with Gasteiger partial charge < -0.3 is 15.0 Å². The highest BCUT2D eigenvalue weighted by molar-refractivity contribution is 6.31. The van der Waals surface area contributed by atoms with Crippen molar-refractivity contribution in [2.24, 2.45) is 0 Å². The molecule has 0 saturated carbocycles. The summed E-state index contributed by atoms with van der Waals surface area (Å²) >= 11 is 6.23. The Morgan fingerprint density at radius 1 is 1.14 bits per heavy atom. The normalized spacial score (nSPS) is 14.2. The van der Waals surface area contributed by atoms with Gasteiger partial charge in [-0.2, -0.15) is 0 Å². The van der Waals surface area contributed by atoms with Crippen molar-refractivity contribution < 1.29 is 9.53 Å². The van der Waals surface area contributed by atoms with Crippen molar-refractivity contribution in [3.05, 3.63) is 52.5 Å². The quantitative estimate of drug-likeness (QED) is 0.668. The molecule has 1 saturated heterocycles. The number of nitrogens with one attached hydrogen (secondary N) is 1. The van der Waals surface area contributed by atoms with Crippen molar-refractivity contribution in [2.75, 3.05) is 29.9 Å². The third-order valence-corrected chi connectivity index (χ3v) is 5.55. The number of hydrogen-bond acceptors (Lipinski definition) is 3. The standard InChI is InChI=1S/C23H29ClN2O2/c1-16(2)20-14-21(24)17(3)13-22(20)28-15-23(27)25-18-7-9-19(10-8-18)26-11-5-4-6-12-26/h7-10,13-14,16H,4-6,11-12,15H2,1-3H3,(H,25,27). The number of hydrogen-bond donors (Lipinski definition) is 1. The number of amides is 1. The number of benzene rings is 2. The predicted octanol–water partition coefficient (Wildman–Crippen LogP) is 5.78. The lowest BCUT2D eigenvalue weighted by molar-refractivity contribution is -0.118. The Balaban J connectivity index is 1.58. The van der Waals surface area contributed by atoms with Crippen LogP contribution in [0.3, 0.4) is 0 Å². The molecule has 2 aromatic rings. The van der Waals surface area contributed by atoms with Crippen LogP contribution in [0.1, 0.15) is 50.2 Å². The van der Waals surface area contributed by atoms with E-state index in [9.17, 15) is 4.79 Å². The van der Waals surface area contributed by atoms with E-state index in [2.05, 4.69) is 36.2 Å². The molecule has 1 fully saturated rings. The second-order valence-electron chi connectivity index (χ2n) is 7.73. The maximum Gasteiger partial charge on any atom is 0.262 e. The average Bonchev–Trinajstić information content (AvgIpc) is 2.69. The van der Waals surface area contributed by atoms with Gasteiger partial charge in [-0.1, -0.05) is 25.4 Å². The minimum absolute atomic E-state index is 0.0331.